The third-order valence-electron chi connectivity index (χ3n) is 6.54. The van der Waals surface area contributed by atoms with Gasteiger partial charge in [0.25, 0.3) is 5.60 Å². The van der Waals surface area contributed by atoms with Crippen LogP contribution in [0.15, 0.2) is 47.9 Å². The van der Waals surface area contributed by atoms with Gasteiger partial charge >= 0.3 is 6.18 Å². The van der Waals surface area contributed by atoms with Gasteiger partial charge in [0, 0.05) is 47.3 Å². The number of alkyl halides is 3. The molecule has 1 saturated carbocycles. The van der Waals surface area contributed by atoms with Crippen molar-refractivity contribution in [1.29, 1.82) is 0 Å². The number of pyridine rings is 1. The molecule has 1 aliphatic heterocycles. The first-order valence-electron chi connectivity index (χ1n) is 11.0. The summed E-state index contributed by atoms with van der Waals surface area (Å²) in [6.45, 7) is 0. The molecule has 1 atom stereocenters. The lowest BCUT2D eigenvalue weighted by Gasteiger charge is -2.29. The topological polar surface area (TPSA) is 51.5 Å². The molecule has 35 heavy (non-hydrogen) atoms. The highest BCUT2D eigenvalue weighted by molar-refractivity contribution is 6.35. The first-order valence-corrected chi connectivity index (χ1v) is 11.7. The number of carbonyl (C=O) groups excluding carboxylic acids is 1. The fourth-order valence-electron chi connectivity index (χ4n) is 4.40. The van der Waals surface area contributed by atoms with Gasteiger partial charge in [0.2, 0.25) is 0 Å². The van der Waals surface area contributed by atoms with Crippen molar-refractivity contribution in [2.75, 3.05) is 0 Å². The number of hydrogen-bond acceptors (Lipinski definition) is 4. The van der Waals surface area contributed by atoms with Gasteiger partial charge in [-0.05, 0) is 35.9 Å². The van der Waals surface area contributed by atoms with E-state index in [1.165, 1.54) is 12.4 Å². The average Bonchev–Trinajstić information content (AvgIpc) is 3.54. The summed E-state index contributed by atoms with van der Waals surface area (Å²) >= 11 is 11.6. The van der Waals surface area contributed by atoms with E-state index in [4.69, 9.17) is 28.0 Å². The van der Waals surface area contributed by atoms with Gasteiger partial charge in [0.05, 0.1) is 15.8 Å². The minimum Gasteiger partial charge on any atom is -0.374 e. The van der Waals surface area contributed by atoms with Gasteiger partial charge in [0.15, 0.2) is 11.6 Å². The quantitative estimate of drug-likeness (QED) is 0.189. The van der Waals surface area contributed by atoms with Crippen LogP contribution in [0.5, 0.6) is 0 Å². The number of Topliss-reactive ketones (excluding diaryl/α,β-unsaturated/α-hetero) is 1. The Balaban J connectivity index is 1.53. The first kappa shape index (κ1) is 24.0. The summed E-state index contributed by atoms with van der Waals surface area (Å²) in [4.78, 5) is 22.0. The summed E-state index contributed by atoms with van der Waals surface area (Å²) in [6, 6.07) is 6.49. The lowest BCUT2D eigenvalue weighted by Crippen LogP contribution is -2.42. The van der Waals surface area contributed by atoms with Crippen LogP contribution in [0.4, 0.5) is 17.6 Å². The second kappa shape index (κ2) is 8.75. The van der Waals surface area contributed by atoms with E-state index < -0.39 is 39.6 Å². The van der Waals surface area contributed by atoms with Gasteiger partial charge in [-0.2, -0.15) is 13.2 Å². The van der Waals surface area contributed by atoms with Crippen molar-refractivity contribution >= 4 is 45.5 Å². The van der Waals surface area contributed by atoms with E-state index in [1.54, 1.807) is 18.2 Å². The van der Waals surface area contributed by atoms with Crippen LogP contribution < -0.4 is 0 Å². The zero-order chi connectivity index (χ0) is 25.0. The zero-order valence-corrected chi connectivity index (χ0v) is 19.6. The minimum absolute atomic E-state index is 0.0204. The zero-order valence-electron chi connectivity index (χ0n) is 18.1. The van der Waals surface area contributed by atoms with Crippen LogP contribution in [-0.2, 0) is 10.4 Å². The highest BCUT2D eigenvalue weighted by Gasteiger charge is 2.62. The van der Waals surface area contributed by atoms with E-state index in [1.807, 2.05) is 0 Å². The molecule has 4 nitrogen and oxygen atoms in total. The smallest absolute Gasteiger partial charge is 0.374 e. The Morgan fingerprint density at radius 1 is 1.11 bits per heavy atom. The number of benzene rings is 2. The third-order valence-corrected chi connectivity index (χ3v) is 7.09. The van der Waals surface area contributed by atoms with E-state index >= 15 is 0 Å². The van der Waals surface area contributed by atoms with Crippen molar-refractivity contribution in [2.24, 2.45) is 11.1 Å². The molecule has 0 bridgehead atoms. The summed E-state index contributed by atoms with van der Waals surface area (Å²) in [5.74, 6) is -0.461. The molecule has 1 unspecified atom stereocenters. The fraction of sp³-hybridized carbons (Fsp3) is 0.320. The van der Waals surface area contributed by atoms with Crippen molar-refractivity contribution in [2.45, 2.75) is 43.9 Å². The minimum atomic E-state index is -4.92. The van der Waals surface area contributed by atoms with E-state index in [-0.39, 0.29) is 11.5 Å². The van der Waals surface area contributed by atoms with Gasteiger partial charge in [-0.25, -0.2) is 4.39 Å². The molecular weight excluding hydrogens is 507 g/mol. The summed E-state index contributed by atoms with van der Waals surface area (Å²) in [5.41, 5.74) is -2.49. The predicted molar refractivity (Wildman–Crippen MR) is 124 cm³/mol. The summed E-state index contributed by atoms with van der Waals surface area (Å²) in [7, 11) is 0. The highest BCUT2D eigenvalue weighted by Crippen LogP contribution is 2.50. The van der Waals surface area contributed by atoms with Gasteiger partial charge in [-0.1, -0.05) is 53.3 Å². The molecule has 0 radical (unpaired) electrons. The van der Waals surface area contributed by atoms with E-state index in [9.17, 15) is 22.4 Å². The fourth-order valence-corrected chi connectivity index (χ4v) is 4.89. The van der Waals surface area contributed by atoms with Gasteiger partial charge in [0.1, 0.15) is 0 Å². The number of hydrogen-bond donors (Lipinski definition) is 0. The molecule has 0 N–H and O–H groups in total. The molecular formula is C25H18Cl2F4N2O2. The van der Waals surface area contributed by atoms with Crippen LogP contribution in [0.2, 0.25) is 10.0 Å². The van der Waals surface area contributed by atoms with Crippen molar-refractivity contribution < 1.29 is 27.2 Å². The maximum absolute atomic E-state index is 14.4. The molecule has 1 aromatic heterocycles. The molecule has 2 heterocycles. The molecule has 1 aliphatic carbocycles. The third kappa shape index (κ3) is 4.27. The van der Waals surface area contributed by atoms with Crippen molar-refractivity contribution in [3.8, 4) is 0 Å². The molecule has 5 rings (SSSR count). The largest absolute Gasteiger partial charge is 0.435 e. The number of oxime groups is 1. The number of fused-ring (bicyclic) bond motifs is 1. The Hall–Kier alpha value is -2.71. The van der Waals surface area contributed by atoms with Crippen LogP contribution in [0.25, 0.3) is 10.8 Å². The summed E-state index contributed by atoms with van der Waals surface area (Å²) in [6.07, 6.45) is 0.911. The highest BCUT2D eigenvalue weighted by atomic mass is 35.5. The number of halogens is 6. The second-order valence-corrected chi connectivity index (χ2v) is 9.69. The standard InChI is InChI=1S/C25H18Cl2F4N2O2/c26-19-9-14(10-20(27)23(19)28)24(25(29,30)31)11-21(33-35-24)16-4-5-17(18-12-32-8-7-15(16)18)22(34)6-3-13-1-2-13/h4-5,7-10,12-13H,1-3,6,11H2. The molecule has 2 aliphatic rings. The van der Waals surface area contributed by atoms with Crippen LogP contribution in [0, 0.1) is 11.7 Å². The van der Waals surface area contributed by atoms with Crippen LogP contribution in [-0.4, -0.2) is 22.7 Å². The van der Waals surface area contributed by atoms with Crippen molar-refractivity contribution in [3.05, 3.63) is 75.3 Å². The maximum atomic E-state index is 14.4. The van der Waals surface area contributed by atoms with E-state index in [2.05, 4.69) is 10.1 Å². The monoisotopic (exact) mass is 524 g/mol. The molecule has 10 heteroatoms. The Labute approximate surface area is 207 Å². The molecule has 0 amide bonds. The van der Waals surface area contributed by atoms with Crippen LogP contribution in [0.1, 0.15) is 53.6 Å². The molecule has 0 spiro atoms. The summed E-state index contributed by atoms with van der Waals surface area (Å²) in [5, 5.41) is 3.74. The number of nitrogens with zero attached hydrogens (tertiary/aromatic N) is 2. The molecule has 1 fully saturated rings. The lowest BCUT2D eigenvalue weighted by atomic mass is 9.85. The van der Waals surface area contributed by atoms with Gasteiger partial charge in [-0.15, -0.1) is 0 Å². The Morgan fingerprint density at radius 3 is 2.49 bits per heavy atom. The predicted octanol–water partition coefficient (Wildman–Crippen LogP) is 7.64. The Morgan fingerprint density at radius 2 is 1.83 bits per heavy atom. The first-order chi connectivity index (χ1) is 16.6. The molecule has 182 valence electrons. The van der Waals surface area contributed by atoms with Crippen LogP contribution in [0.3, 0.4) is 0 Å². The Bertz CT molecular complexity index is 1350. The normalized spacial score (nSPS) is 20.1. The average molecular weight is 525 g/mol. The van der Waals surface area contributed by atoms with E-state index in [0.29, 0.717) is 34.2 Å². The van der Waals surface area contributed by atoms with Gasteiger partial charge < -0.3 is 4.84 Å². The number of ketones is 1. The lowest BCUT2D eigenvalue weighted by molar-refractivity contribution is -0.275. The summed E-state index contributed by atoms with van der Waals surface area (Å²) < 4.78 is 57.0. The number of aromatic nitrogens is 1. The van der Waals surface area contributed by atoms with Gasteiger partial charge in [-0.3, -0.25) is 9.78 Å². The van der Waals surface area contributed by atoms with Crippen LogP contribution >= 0.6 is 23.2 Å². The molecule has 2 aromatic carbocycles. The second-order valence-electron chi connectivity index (χ2n) is 8.87. The van der Waals surface area contributed by atoms with Crippen molar-refractivity contribution in [3.63, 3.8) is 0 Å². The Kier molecular flexibility index (Phi) is 6.00. The molecule has 3 aromatic rings. The van der Waals surface area contributed by atoms with E-state index in [0.717, 1.165) is 31.4 Å². The number of rotatable bonds is 6. The molecule has 0 saturated heterocycles. The SMILES string of the molecule is O=C(CCC1CC1)c1ccc(C2=NOC(c3cc(Cl)c(F)c(Cl)c3)(C(F)(F)F)C2)c2ccncc12. The maximum Gasteiger partial charge on any atom is 0.435 e. The number of carbonyl (C=O) groups is 1. The van der Waals surface area contributed by atoms with Crippen molar-refractivity contribution in [1.82, 2.24) is 4.98 Å².